The molecule has 4 atom stereocenters. The zero-order valence-corrected chi connectivity index (χ0v) is 12.3. The Morgan fingerprint density at radius 3 is 2.71 bits per heavy atom. The topological polar surface area (TPSA) is 66.4 Å². The molecule has 0 aliphatic heterocycles. The molecule has 1 aromatic carbocycles. The van der Waals surface area contributed by atoms with E-state index in [4.69, 9.17) is 16.7 Å². The monoisotopic (exact) mass is 307 g/mol. The van der Waals surface area contributed by atoms with Crippen molar-refractivity contribution in [2.24, 2.45) is 11.8 Å². The van der Waals surface area contributed by atoms with Gasteiger partial charge < -0.3 is 10.4 Å². The average Bonchev–Trinajstić information content (AvgIpc) is 3.11. The fourth-order valence-corrected chi connectivity index (χ4v) is 3.43. The molecule has 0 saturated heterocycles. The normalized spacial score (nSPS) is 30.9. The molecule has 2 aliphatic carbocycles. The Labute approximate surface area is 128 Å². The summed E-state index contributed by atoms with van der Waals surface area (Å²) >= 11 is 5.97. The molecule has 1 amide bonds. The summed E-state index contributed by atoms with van der Waals surface area (Å²) in [5.41, 5.74) is 1.11. The number of amides is 1. The lowest BCUT2D eigenvalue weighted by Crippen LogP contribution is -2.34. The molecule has 2 fully saturated rings. The van der Waals surface area contributed by atoms with Crippen LogP contribution in [0.2, 0.25) is 5.02 Å². The van der Waals surface area contributed by atoms with Gasteiger partial charge in [-0.1, -0.05) is 23.7 Å². The third-order valence-electron chi connectivity index (χ3n) is 4.53. The molecule has 112 valence electrons. The van der Waals surface area contributed by atoms with Crippen molar-refractivity contribution >= 4 is 23.5 Å². The molecule has 1 aromatic rings. The maximum absolute atomic E-state index is 12.2. The van der Waals surface area contributed by atoms with E-state index in [-0.39, 0.29) is 29.7 Å². The second kappa shape index (κ2) is 5.68. The van der Waals surface area contributed by atoms with Crippen LogP contribution in [0.4, 0.5) is 0 Å². The number of carboxylic acid groups (broad SMARTS) is 1. The van der Waals surface area contributed by atoms with Crippen LogP contribution in [0.3, 0.4) is 0 Å². The number of benzene rings is 1. The van der Waals surface area contributed by atoms with E-state index in [1.165, 1.54) is 0 Å². The molecule has 2 N–H and O–H groups in total. The van der Waals surface area contributed by atoms with Gasteiger partial charge in [-0.05, 0) is 49.3 Å². The lowest BCUT2D eigenvalue weighted by Gasteiger charge is -2.12. The molecule has 2 aliphatic rings. The van der Waals surface area contributed by atoms with Crippen molar-refractivity contribution in [2.45, 2.75) is 37.6 Å². The highest BCUT2D eigenvalue weighted by molar-refractivity contribution is 6.30. The maximum atomic E-state index is 12.2. The van der Waals surface area contributed by atoms with Crippen LogP contribution in [-0.2, 0) is 9.59 Å². The number of halogens is 1. The van der Waals surface area contributed by atoms with Gasteiger partial charge in [0.1, 0.15) is 0 Å². The van der Waals surface area contributed by atoms with Crippen LogP contribution in [0.1, 0.15) is 37.2 Å². The first-order valence-corrected chi connectivity index (χ1v) is 7.71. The van der Waals surface area contributed by atoms with Gasteiger partial charge in [-0.3, -0.25) is 9.59 Å². The van der Waals surface area contributed by atoms with Gasteiger partial charge in [0.2, 0.25) is 5.91 Å². The summed E-state index contributed by atoms with van der Waals surface area (Å²) in [6.45, 7) is 0. The van der Waals surface area contributed by atoms with Crippen molar-refractivity contribution < 1.29 is 14.7 Å². The van der Waals surface area contributed by atoms with Crippen LogP contribution < -0.4 is 5.32 Å². The molecule has 3 rings (SSSR count). The number of rotatable bonds is 4. The van der Waals surface area contributed by atoms with Crippen LogP contribution in [0.15, 0.2) is 24.3 Å². The second-order valence-electron chi connectivity index (χ2n) is 6.06. The van der Waals surface area contributed by atoms with Crippen molar-refractivity contribution in [1.29, 1.82) is 0 Å². The van der Waals surface area contributed by atoms with Crippen molar-refractivity contribution in [3.05, 3.63) is 34.9 Å². The summed E-state index contributed by atoms with van der Waals surface area (Å²) in [5, 5.41) is 12.7. The number of hydrogen-bond donors (Lipinski definition) is 2. The van der Waals surface area contributed by atoms with Crippen LogP contribution >= 0.6 is 11.6 Å². The Bertz CT molecular complexity index is 574. The Morgan fingerprint density at radius 2 is 2.05 bits per heavy atom. The largest absolute Gasteiger partial charge is 0.481 e. The summed E-state index contributed by atoms with van der Waals surface area (Å²) in [6, 6.07) is 7.65. The predicted molar refractivity (Wildman–Crippen MR) is 79.2 cm³/mol. The molecule has 0 radical (unpaired) electrons. The zero-order chi connectivity index (χ0) is 15.0. The molecule has 0 spiro atoms. The number of aliphatic carboxylic acids is 1. The first kappa shape index (κ1) is 14.4. The lowest BCUT2D eigenvalue weighted by molar-refractivity contribution is -0.141. The predicted octanol–water partition coefficient (Wildman–Crippen LogP) is 2.81. The zero-order valence-electron chi connectivity index (χ0n) is 11.6. The SMILES string of the molecule is O=C(O)[C@@H]1CC[C@H](NC(=O)[C@H]2C[C@@H]2c2cccc(Cl)c2)C1. The highest BCUT2D eigenvalue weighted by Gasteiger charge is 2.45. The second-order valence-corrected chi connectivity index (χ2v) is 6.49. The fraction of sp³-hybridized carbons (Fsp3) is 0.500. The highest BCUT2D eigenvalue weighted by Crippen LogP contribution is 2.48. The van der Waals surface area contributed by atoms with E-state index in [2.05, 4.69) is 5.32 Å². The van der Waals surface area contributed by atoms with Gasteiger partial charge in [-0.25, -0.2) is 0 Å². The van der Waals surface area contributed by atoms with Gasteiger partial charge in [-0.2, -0.15) is 0 Å². The number of carbonyl (C=O) groups excluding carboxylic acids is 1. The number of carbonyl (C=O) groups is 2. The minimum atomic E-state index is -0.755. The van der Waals surface area contributed by atoms with E-state index in [1.54, 1.807) is 0 Å². The standard InChI is InChI=1S/C16H18ClNO3/c17-11-3-1-2-9(6-11)13-8-14(13)15(19)18-12-5-4-10(7-12)16(20)21/h1-3,6,10,12-14H,4-5,7-8H2,(H,18,19)(H,20,21)/t10-,12+,13-,14+/m1/s1. The number of nitrogens with one attached hydrogen (secondary N) is 1. The van der Waals surface area contributed by atoms with E-state index < -0.39 is 5.97 Å². The van der Waals surface area contributed by atoms with Gasteiger partial charge in [-0.15, -0.1) is 0 Å². The van der Waals surface area contributed by atoms with E-state index in [1.807, 2.05) is 24.3 Å². The summed E-state index contributed by atoms with van der Waals surface area (Å²) in [5.74, 6) is -0.753. The molecule has 5 heteroatoms. The van der Waals surface area contributed by atoms with Gasteiger partial charge in [0, 0.05) is 17.0 Å². The minimum Gasteiger partial charge on any atom is -0.481 e. The molecule has 0 aromatic heterocycles. The summed E-state index contributed by atoms with van der Waals surface area (Å²) < 4.78 is 0. The highest BCUT2D eigenvalue weighted by atomic mass is 35.5. The van der Waals surface area contributed by atoms with E-state index >= 15 is 0 Å². The van der Waals surface area contributed by atoms with Crippen LogP contribution in [0.25, 0.3) is 0 Å². The van der Waals surface area contributed by atoms with E-state index in [9.17, 15) is 9.59 Å². The first-order valence-electron chi connectivity index (χ1n) is 7.33. The Kier molecular flexibility index (Phi) is 3.89. The molecule has 21 heavy (non-hydrogen) atoms. The maximum Gasteiger partial charge on any atom is 0.306 e. The van der Waals surface area contributed by atoms with Crippen LogP contribution in [0, 0.1) is 11.8 Å². The van der Waals surface area contributed by atoms with Crippen LogP contribution in [-0.4, -0.2) is 23.0 Å². The Balaban J connectivity index is 1.53. The number of carboxylic acids is 1. The van der Waals surface area contributed by atoms with Crippen molar-refractivity contribution in [3.63, 3.8) is 0 Å². The lowest BCUT2D eigenvalue weighted by atomic mass is 10.1. The van der Waals surface area contributed by atoms with Crippen molar-refractivity contribution in [3.8, 4) is 0 Å². The van der Waals surface area contributed by atoms with Crippen molar-refractivity contribution in [1.82, 2.24) is 5.32 Å². The molecule has 0 unspecified atom stereocenters. The summed E-state index contributed by atoms with van der Waals surface area (Å²) in [6.07, 6.45) is 2.82. The van der Waals surface area contributed by atoms with Gasteiger partial charge in [0.05, 0.1) is 5.92 Å². The molecular weight excluding hydrogens is 290 g/mol. The molecule has 0 bridgehead atoms. The van der Waals surface area contributed by atoms with Crippen molar-refractivity contribution in [2.75, 3.05) is 0 Å². The Morgan fingerprint density at radius 1 is 1.24 bits per heavy atom. The number of hydrogen-bond acceptors (Lipinski definition) is 2. The quantitative estimate of drug-likeness (QED) is 0.899. The average molecular weight is 308 g/mol. The van der Waals surface area contributed by atoms with Gasteiger partial charge >= 0.3 is 5.97 Å². The summed E-state index contributed by atoms with van der Waals surface area (Å²) in [4.78, 5) is 23.1. The summed E-state index contributed by atoms with van der Waals surface area (Å²) in [7, 11) is 0. The fourth-order valence-electron chi connectivity index (χ4n) is 3.24. The first-order chi connectivity index (χ1) is 10.0. The molecule has 4 nitrogen and oxygen atoms in total. The van der Waals surface area contributed by atoms with Gasteiger partial charge in [0.25, 0.3) is 0 Å². The molecule has 2 saturated carbocycles. The minimum absolute atomic E-state index is 0.00680. The molecule has 0 heterocycles. The molecular formula is C16H18ClNO3. The third kappa shape index (κ3) is 3.21. The van der Waals surface area contributed by atoms with E-state index in [0.29, 0.717) is 17.9 Å². The van der Waals surface area contributed by atoms with Crippen LogP contribution in [0.5, 0.6) is 0 Å². The van der Waals surface area contributed by atoms with E-state index in [0.717, 1.165) is 18.4 Å². The smallest absolute Gasteiger partial charge is 0.306 e. The Hall–Kier alpha value is -1.55. The third-order valence-corrected chi connectivity index (χ3v) is 4.77. The van der Waals surface area contributed by atoms with Gasteiger partial charge in [0.15, 0.2) is 0 Å².